The van der Waals surface area contributed by atoms with Gasteiger partial charge in [0.2, 0.25) is 0 Å². The molecule has 0 atom stereocenters. The van der Waals surface area contributed by atoms with E-state index in [9.17, 15) is 5.26 Å². The molecule has 0 radical (unpaired) electrons. The topological polar surface area (TPSA) is 61.8 Å². The van der Waals surface area contributed by atoms with E-state index in [-0.39, 0.29) is 5.41 Å². The minimum absolute atomic E-state index is 0.276. The molecule has 3 heteroatoms. The second kappa shape index (κ2) is 5.99. The summed E-state index contributed by atoms with van der Waals surface area (Å²) in [6, 6.07) is 13.3. The van der Waals surface area contributed by atoms with Gasteiger partial charge in [0.1, 0.15) is 0 Å². The van der Waals surface area contributed by atoms with Crippen molar-refractivity contribution in [1.29, 1.82) is 5.26 Å². The van der Waals surface area contributed by atoms with E-state index in [1.165, 1.54) is 5.56 Å². The number of hydrogen-bond acceptors (Lipinski definition) is 3. The molecular weight excluding hydrogens is 222 g/mol. The monoisotopic (exact) mass is 243 g/mol. The summed E-state index contributed by atoms with van der Waals surface area (Å²) in [4.78, 5) is 0. The molecular formula is C15H21N3. The zero-order valence-corrected chi connectivity index (χ0v) is 10.7. The van der Waals surface area contributed by atoms with E-state index in [4.69, 9.17) is 5.73 Å². The van der Waals surface area contributed by atoms with E-state index >= 15 is 0 Å². The van der Waals surface area contributed by atoms with Crippen LogP contribution >= 0.6 is 0 Å². The number of nitrogens with one attached hydrogen (secondary N) is 1. The second-order valence-corrected chi connectivity index (χ2v) is 5.08. The third-order valence-corrected chi connectivity index (χ3v) is 3.96. The molecule has 1 aliphatic rings. The first-order valence-corrected chi connectivity index (χ1v) is 6.71. The van der Waals surface area contributed by atoms with Crippen molar-refractivity contribution in [3.8, 4) is 6.07 Å². The molecule has 0 saturated heterocycles. The Bertz CT molecular complexity index is 399. The van der Waals surface area contributed by atoms with Gasteiger partial charge >= 0.3 is 0 Å². The minimum atomic E-state index is -0.276. The SMILES string of the molecule is N#C[C@]1(c2ccccc2)CC[C@@H](NCCN)CC1. The van der Waals surface area contributed by atoms with E-state index in [0.717, 1.165) is 32.2 Å². The van der Waals surface area contributed by atoms with Crippen molar-refractivity contribution < 1.29 is 0 Å². The highest BCUT2D eigenvalue weighted by molar-refractivity contribution is 5.33. The van der Waals surface area contributed by atoms with E-state index in [0.29, 0.717) is 12.6 Å². The van der Waals surface area contributed by atoms with Crippen LogP contribution in [0.15, 0.2) is 30.3 Å². The van der Waals surface area contributed by atoms with Gasteiger partial charge in [-0.1, -0.05) is 30.3 Å². The van der Waals surface area contributed by atoms with Gasteiger partial charge in [0.25, 0.3) is 0 Å². The van der Waals surface area contributed by atoms with Gasteiger partial charge in [0.05, 0.1) is 11.5 Å². The molecule has 1 aromatic carbocycles. The third-order valence-electron chi connectivity index (χ3n) is 3.96. The third kappa shape index (κ3) is 2.72. The van der Waals surface area contributed by atoms with Crippen molar-refractivity contribution in [1.82, 2.24) is 5.32 Å². The van der Waals surface area contributed by atoms with Crippen LogP contribution in [0.25, 0.3) is 0 Å². The fraction of sp³-hybridized carbons (Fsp3) is 0.533. The minimum Gasteiger partial charge on any atom is -0.329 e. The van der Waals surface area contributed by atoms with Gasteiger partial charge in [-0.3, -0.25) is 0 Å². The summed E-state index contributed by atoms with van der Waals surface area (Å²) in [6.07, 6.45) is 4.00. The highest BCUT2D eigenvalue weighted by atomic mass is 14.9. The van der Waals surface area contributed by atoms with E-state index in [2.05, 4.69) is 23.5 Å². The second-order valence-electron chi connectivity index (χ2n) is 5.08. The van der Waals surface area contributed by atoms with Crippen LogP contribution < -0.4 is 11.1 Å². The van der Waals surface area contributed by atoms with Crippen LogP contribution in [0.4, 0.5) is 0 Å². The Kier molecular flexibility index (Phi) is 4.35. The van der Waals surface area contributed by atoms with Gasteiger partial charge in [-0.05, 0) is 31.2 Å². The number of rotatable bonds is 4. The molecule has 1 aliphatic carbocycles. The largest absolute Gasteiger partial charge is 0.329 e. The number of nitrogens with two attached hydrogens (primary N) is 1. The van der Waals surface area contributed by atoms with Crippen molar-refractivity contribution in [2.24, 2.45) is 5.73 Å². The Morgan fingerprint density at radius 3 is 2.50 bits per heavy atom. The highest BCUT2D eigenvalue weighted by Crippen LogP contribution is 2.38. The average Bonchev–Trinajstić information content (AvgIpc) is 2.46. The molecule has 3 nitrogen and oxygen atoms in total. The molecule has 1 aromatic rings. The van der Waals surface area contributed by atoms with Gasteiger partial charge < -0.3 is 11.1 Å². The van der Waals surface area contributed by atoms with Gasteiger partial charge in [-0.25, -0.2) is 0 Å². The summed E-state index contributed by atoms with van der Waals surface area (Å²) in [5, 5.41) is 13.0. The summed E-state index contributed by atoms with van der Waals surface area (Å²) in [5.74, 6) is 0. The van der Waals surface area contributed by atoms with Crippen LogP contribution in [0.2, 0.25) is 0 Å². The molecule has 0 unspecified atom stereocenters. The van der Waals surface area contributed by atoms with Crippen molar-refractivity contribution in [3.63, 3.8) is 0 Å². The maximum atomic E-state index is 9.57. The Labute approximate surface area is 109 Å². The summed E-state index contributed by atoms with van der Waals surface area (Å²) in [5.41, 5.74) is 6.40. The van der Waals surface area contributed by atoms with Gasteiger partial charge in [0, 0.05) is 19.1 Å². The smallest absolute Gasteiger partial charge is 0.0823 e. The summed E-state index contributed by atoms with van der Waals surface area (Å²) in [7, 11) is 0. The molecule has 2 rings (SSSR count). The average molecular weight is 243 g/mol. The lowest BCUT2D eigenvalue weighted by molar-refractivity contribution is 0.297. The highest BCUT2D eigenvalue weighted by Gasteiger charge is 2.36. The van der Waals surface area contributed by atoms with Crippen LogP contribution in [0.5, 0.6) is 0 Å². The molecule has 0 aromatic heterocycles. The summed E-state index contributed by atoms with van der Waals surface area (Å²) in [6.45, 7) is 1.55. The molecule has 1 saturated carbocycles. The van der Waals surface area contributed by atoms with Crippen molar-refractivity contribution in [2.45, 2.75) is 37.1 Å². The Morgan fingerprint density at radius 2 is 1.94 bits per heavy atom. The van der Waals surface area contributed by atoms with Crippen molar-refractivity contribution in [2.75, 3.05) is 13.1 Å². The number of benzene rings is 1. The lowest BCUT2D eigenvalue weighted by Crippen LogP contribution is -2.40. The lowest BCUT2D eigenvalue weighted by atomic mass is 9.69. The van der Waals surface area contributed by atoms with Gasteiger partial charge in [-0.15, -0.1) is 0 Å². The molecule has 0 bridgehead atoms. The Morgan fingerprint density at radius 1 is 1.28 bits per heavy atom. The molecule has 0 spiro atoms. The number of nitrogens with zero attached hydrogens (tertiary/aromatic N) is 1. The van der Waals surface area contributed by atoms with Gasteiger partial charge in [-0.2, -0.15) is 5.26 Å². The quantitative estimate of drug-likeness (QED) is 0.849. The normalized spacial score (nSPS) is 27.7. The molecule has 0 heterocycles. The first-order chi connectivity index (χ1) is 8.80. The van der Waals surface area contributed by atoms with Crippen LogP contribution in [0.3, 0.4) is 0 Å². The van der Waals surface area contributed by atoms with E-state index in [1.807, 2.05) is 18.2 Å². The van der Waals surface area contributed by atoms with Crippen LogP contribution in [0.1, 0.15) is 31.2 Å². The molecule has 0 amide bonds. The molecule has 3 N–H and O–H groups in total. The van der Waals surface area contributed by atoms with Crippen molar-refractivity contribution in [3.05, 3.63) is 35.9 Å². The molecule has 18 heavy (non-hydrogen) atoms. The Hall–Kier alpha value is -1.37. The zero-order chi connectivity index (χ0) is 12.8. The predicted molar refractivity (Wildman–Crippen MR) is 73.0 cm³/mol. The maximum Gasteiger partial charge on any atom is 0.0823 e. The molecule has 96 valence electrons. The standard InChI is InChI=1S/C15H21N3/c16-10-11-18-14-6-8-15(12-17,9-7-14)13-4-2-1-3-5-13/h1-5,14,18H,6-11,16H2/t14-,15+. The summed E-state index contributed by atoms with van der Waals surface area (Å²) >= 11 is 0. The van der Waals surface area contributed by atoms with Crippen LogP contribution in [-0.2, 0) is 5.41 Å². The lowest BCUT2D eigenvalue weighted by Gasteiger charge is -2.35. The van der Waals surface area contributed by atoms with E-state index < -0.39 is 0 Å². The maximum absolute atomic E-state index is 9.57. The first-order valence-electron chi connectivity index (χ1n) is 6.71. The molecule has 0 aliphatic heterocycles. The fourth-order valence-corrected chi connectivity index (χ4v) is 2.82. The van der Waals surface area contributed by atoms with Gasteiger partial charge in [0.15, 0.2) is 0 Å². The first kappa shape index (κ1) is 13.1. The number of nitriles is 1. The van der Waals surface area contributed by atoms with Crippen LogP contribution in [-0.4, -0.2) is 19.1 Å². The summed E-state index contributed by atoms with van der Waals surface area (Å²) < 4.78 is 0. The van der Waals surface area contributed by atoms with Crippen LogP contribution in [0, 0.1) is 11.3 Å². The Balaban J connectivity index is 2.03. The van der Waals surface area contributed by atoms with Crippen molar-refractivity contribution >= 4 is 0 Å². The predicted octanol–water partition coefficient (Wildman–Crippen LogP) is 1.94. The van der Waals surface area contributed by atoms with E-state index in [1.54, 1.807) is 0 Å². The fourth-order valence-electron chi connectivity index (χ4n) is 2.82. The molecule has 1 fully saturated rings. The number of hydrogen-bond donors (Lipinski definition) is 2. The zero-order valence-electron chi connectivity index (χ0n) is 10.7.